The number of ether oxygens (including phenoxy) is 1. The first-order chi connectivity index (χ1) is 14.2. The predicted octanol–water partition coefficient (Wildman–Crippen LogP) is 1.96. The molecule has 2 amide bonds. The zero-order valence-corrected chi connectivity index (χ0v) is 16.8. The van der Waals surface area contributed by atoms with E-state index in [1.165, 1.54) is 5.69 Å². The molecule has 1 aliphatic rings. The highest BCUT2D eigenvalue weighted by Crippen LogP contribution is 2.16. The number of hydrogen-bond acceptors (Lipinski definition) is 5. The van der Waals surface area contributed by atoms with Crippen molar-refractivity contribution in [3.8, 4) is 5.75 Å². The van der Waals surface area contributed by atoms with Gasteiger partial charge in [-0.05, 0) is 43.3 Å². The van der Waals surface area contributed by atoms with Gasteiger partial charge in [-0.3, -0.25) is 14.5 Å². The fourth-order valence-corrected chi connectivity index (χ4v) is 3.27. The summed E-state index contributed by atoms with van der Waals surface area (Å²) in [5, 5.41) is 5.29. The molecule has 0 saturated carbocycles. The summed E-state index contributed by atoms with van der Waals surface area (Å²) in [6.07, 6.45) is 0. The summed E-state index contributed by atoms with van der Waals surface area (Å²) in [6, 6.07) is 17.3. The Balaban J connectivity index is 1.35. The second-order valence-corrected chi connectivity index (χ2v) is 6.83. The van der Waals surface area contributed by atoms with Gasteiger partial charge in [-0.25, -0.2) is 0 Å². The van der Waals surface area contributed by atoms with Crippen LogP contribution in [0.25, 0.3) is 0 Å². The summed E-state index contributed by atoms with van der Waals surface area (Å²) >= 11 is 0. The predicted molar refractivity (Wildman–Crippen MR) is 114 cm³/mol. The highest BCUT2D eigenvalue weighted by atomic mass is 16.5. The number of hydrogen-bond donors (Lipinski definition) is 2. The van der Waals surface area contributed by atoms with Gasteiger partial charge in [0.05, 0.1) is 6.61 Å². The van der Waals surface area contributed by atoms with Crippen LogP contribution in [0, 0.1) is 0 Å². The minimum atomic E-state index is -0.664. The molecule has 154 valence electrons. The topological polar surface area (TPSA) is 73.9 Å². The van der Waals surface area contributed by atoms with Crippen LogP contribution in [0.15, 0.2) is 54.6 Å². The number of benzene rings is 2. The van der Waals surface area contributed by atoms with Crippen LogP contribution in [0.4, 0.5) is 11.4 Å². The van der Waals surface area contributed by atoms with E-state index in [9.17, 15) is 9.59 Å². The molecule has 0 unspecified atom stereocenters. The second-order valence-electron chi connectivity index (χ2n) is 6.83. The van der Waals surface area contributed by atoms with Gasteiger partial charge in [0.15, 0.2) is 0 Å². The molecule has 0 radical (unpaired) electrons. The summed E-state index contributed by atoms with van der Waals surface area (Å²) in [5.74, 6) is -0.563. The number of amides is 2. The minimum absolute atomic E-state index is 0.445. The second kappa shape index (κ2) is 10.5. The van der Waals surface area contributed by atoms with Crippen LogP contribution in [0.1, 0.15) is 6.92 Å². The number of nitrogens with zero attached hydrogens (tertiary/aromatic N) is 2. The summed E-state index contributed by atoms with van der Waals surface area (Å²) in [5.41, 5.74) is 1.80. The molecule has 7 nitrogen and oxygen atoms in total. The van der Waals surface area contributed by atoms with E-state index >= 15 is 0 Å². The molecule has 1 aliphatic heterocycles. The van der Waals surface area contributed by atoms with Crippen molar-refractivity contribution in [2.75, 3.05) is 56.1 Å². The first-order valence-corrected chi connectivity index (χ1v) is 10.00. The Hall–Kier alpha value is -3.06. The third-order valence-corrected chi connectivity index (χ3v) is 4.84. The van der Waals surface area contributed by atoms with Gasteiger partial charge in [-0.2, -0.15) is 0 Å². The number of carbonyl (C=O) groups is 2. The van der Waals surface area contributed by atoms with Crippen LogP contribution < -0.4 is 20.3 Å². The van der Waals surface area contributed by atoms with Crippen molar-refractivity contribution < 1.29 is 14.3 Å². The van der Waals surface area contributed by atoms with Gasteiger partial charge in [-0.15, -0.1) is 0 Å². The maximum absolute atomic E-state index is 12.0. The molecular formula is C22H28N4O3. The molecular weight excluding hydrogens is 368 g/mol. The van der Waals surface area contributed by atoms with E-state index in [1.54, 1.807) is 24.3 Å². The van der Waals surface area contributed by atoms with Gasteiger partial charge in [0.25, 0.3) is 0 Å². The average Bonchev–Trinajstić information content (AvgIpc) is 2.76. The van der Waals surface area contributed by atoms with E-state index in [4.69, 9.17) is 4.74 Å². The van der Waals surface area contributed by atoms with Crippen molar-refractivity contribution in [2.24, 2.45) is 0 Å². The van der Waals surface area contributed by atoms with E-state index in [1.807, 2.05) is 13.0 Å². The molecule has 2 N–H and O–H groups in total. The Kier molecular flexibility index (Phi) is 7.47. The zero-order valence-electron chi connectivity index (χ0n) is 16.8. The number of nitrogens with one attached hydrogen (secondary N) is 2. The molecule has 2 aromatic rings. The number of rotatable bonds is 7. The lowest BCUT2D eigenvalue weighted by Gasteiger charge is -2.36. The first-order valence-electron chi connectivity index (χ1n) is 10.00. The highest BCUT2D eigenvalue weighted by Gasteiger charge is 2.18. The zero-order chi connectivity index (χ0) is 20.5. The Labute approximate surface area is 171 Å². The molecule has 1 saturated heterocycles. The SMILES string of the molecule is CCOc1ccc(NC(=O)C(=O)NCCN2CCN(c3ccccc3)CC2)cc1. The van der Waals surface area contributed by atoms with Crippen LogP contribution in [0.2, 0.25) is 0 Å². The van der Waals surface area contributed by atoms with Gasteiger partial charge < -0.3 is 20.3 Å². The van der Waals surface area contributed by atoms with E-state index in [2.05, 4.69) is 44.7 Å². The lowest BCUT2D eigenvalue weighted by Crippen LogP contribution is -2.49. The molecule has 0 bridgehead atoms. The van der Waals surface area contributed by atoms with Crippen molar-refractivity contribution in [3.63, 3.8) is 0 Å². The Morgan fingerprint density at radius 3 is 2.28 bits per heavy atom. The first kappa shape index (κ1) is 20.7. The Morgan fingerprint density at radius 1 is 0.931 bits per heavy atom. The highest BCUT2D eigenvalue weighted by molar-refractivity contribution is 6.39. The Bertz CT molecular complexity index is 787. The lowest BCUT2D eigenvalue weighted by molar-refractivity contribution is -0.136. The monoisotopic (exact) mass is 396 g/mol. The molecule has 0 aliphatic carbocycles. The number of para-hydroxylation sites is 1. The number of anilines is 2. The maximum Gasteiger partial charge on any atom is 0.313 e. The molecule has 0 aromatic heterocycles. The van der Waals surface area contributed by atoms with E-state index in [0.717, 1.165) is 38.5 Å². The van der Waals surface area contributed by atoms with E-state index in [-0.39, 0.29) is 0 Å². The van der Waals surface area contributed by atoms with Gasteiger partial charge in [0, 0.05) is 50.6 Å². The van der Waals surface area contributed by atoms with Crippen LogP contribution in [0.3, 0.4) is 0 Å². The average molecular weight is 396 g/mol. The van der Waals surface area contributed by atoms with Crippen LogP contribution in [-0.2, 0) is 9.59 Å². The van der Waals surface area contributed by atoms with Crippen molar-refractivity contribution in [1.82, 2.24) is 10.2 Å². The van der Waals surface area contributed by atoms with Crippen molar-refractivity contribution in [3.05, 3.63) is 54.6 Å². The smallest absolute Gasteiger partial charge is 0.313 e. The minimum Gasteiger partial charge on any atom is -0.494 e. The van der Waals surface area contributed by atoms with Gasteiger partial charge in [-0.1, -0.05) is 18.2 Å². The van der Waals surface area contributed by atoms with Crippen molar-refractivity contribution in [1.29, 1.82) is 0 Å². The Morgan fingerprint density at radius 2 is 1.62 bits per heavy atom. The molecule has 1 fully saturated rings. The molecule has 0 spiro atoms. The lowest BCUT2D eigenvalue weighted by atomic mass is 10.2. The molecule has 1 heterocycles. The van der Waals surface area contributed by atoms with Gasteiger partial charge in [0.2, 0.25) is 0 Å². The molecule has 0 atom stereocenters. The third-order valence-electron chi connectivity index (χ3n) is 4.84. The summed E-state index contributed by atoms with van der Waals surface area (Å²) in [7, 11) is 0. The van der Waals surface area contributed by atoms with Crippen molar-refractivity contribution >= 4 is 23.2 Å². The largest absolute Gasteiger partial charge is 0.494 e. The number of piperazine rings is 1. The van der Waals surface area contributed by atoms with Gasteiger partial charge in [0.1, 0.15) is 5.75 Å². The molecule has 2 aromatic carbocycles. The quantitative estimate of drug-likeness (QED) is 0.700. The third kappa shape index (κ3) is 6.22. The molecule has 7 heteroatoms. The maximum atomic E-state index is 12.0. The fraction of sp³-hybridized carbons (Fsp3) is 0.364. The number of carbonyl (C=O) groups excluding carboxylic acids is 2. The normalized spacial score (nSPS) is 14.3. The van der Waals surface area contributed by atoms with Crippen LogP contribution in [-0.4, -0.2) is 62.6 Å². The van der Waals surface area contributed by atoms with Crippen LogP contribution in [0.5, 0.6) is 5.75 Å². The van der Waals surface area contributed by atoms with Crippen molar-refractivity contribution in [2.45, 2.75) is 6.92 Å². The fourth-order valence-electron chi connectivity index (χ4n) is 3.27. The van der Waals surface area contributed by atoms with Crippen LogP contribution >= 0.6 is 0 Å². The molecule has 29 heavy (non-hydrogen) atoms. The summed E-state index contributed by atoms with van der Waals surface area (Å²) < 4.78 is 5.36. The van der Waals surface area contributed by atoms with E-state index < -0.39 is 11.8 Å². The summed E-state index contributed by atoms with van der Waals surface area (Å²) in [6.45, 7) is 7.43. The van der Waals surface area contributed by atoms with Gasteiger partial charge >= 0.3 is 11.8 Å². The summed E-state index contributed by atoms with van der Waals surface area (Å²) in [4.78, 5) is 28.7. The van der Waals surface area contributed by atoms with E-state index in [0.29, 0.717) is 18.8 Å². The molecule has 3 rings (SSSR count). The standard InChI is InChI=1S/C22H28N4O3/c1-2-29-20-10-8-18(9-11-20)24-22(28)21(27)23-12-13-25-14-16-26(17-15-25)19-6-4-3-5-7-19/h3-11H,2,12-17H2,1H3,(H,23,27)(H,24,28).